The molecule has 1 nitrogen and oxygen atoms in total. The number of rotatable bonds is 3. The van der Waals surface area contributed by atoms with E-state index in [4.69, 9.17) is 11.6 Å². The van der Waals surface area contributed by atoms with Crippen molar-refractivity contribution < 1.29 is 0 Å². The summed E-state index contributed by atoms with van der Waals surface area (Å²) in [5.41, 5.74) is 1.10. The summed E-state index contributed by atoms with van der Waals surface area (Å²) in [5.74, 6) is 0.811. The molecular weight excluding hydrogens is 286 g/mol. The monoisotopic (exact) mass is 301 g/mol. The van der Waals surface area contributed by atoms with Gasteiger partial charge in [0.15, 0.2) is 0 Å². The molecule has 1 aromatic rings. The first-order valence-corrected chi connectivity index (χ1v) is 7.05. The Morgan fingerprint density at radius 1 is 1.38 bits per heavy atom. The highest BCUT2D eigenvalue weighted by molar-refractivity contribution is 9.10. The fourth-order valence-electron chi connectivity index (χ4n) is 2.43. The normalized spacial score (nSPS) is 18.7. The van der Waals surface area contributed by atoms with Gasteiger partial charge in [0.1, 0.15) is 0 Å². The molecule has 1 N–H and O–H groups in total. The average Bonchev–Trinajstić information content (AvgIpc) is 2.76. The number of hydrogen-bond donors (Lipinski definition) is 1. The van der Waals surface area contributed by atoms with E-state index in [0.29, 0.717) is 6.04 Å². The smallest absolute Gasteiger partial charge is 0.0501 e. The second-order valence-corrected chi connectivity index (χ2v) is 5.89. The maximum absolute atomic E-state index is 6.00. The van der Waals surface area contributed by atoms with Crippen molar-refractivity contribution in [3.63, 3.8) is 0 Å². The highest BCUT2D eigenvalue weighted by atomic mass is 79.9. The van der Waals surface area contributed by atoms with Crippen molar-refractivity contribution in [1.82, 2.24) is 0 Å². The Labute approximate surface area is 111 Å². The molecule has 0 amide bonds. The Bertz CT molecular complexity index is 361. The van der Waals surface area contributed by atoms with Crippen LogP contribution in [0.5, 0.6) is 0 Å². The van der Waals surface area contributed by atoms with E-state index in [9.17, 15) is 0 Å². The van der Waals surface area contributed by atoms with Gasteiger partial charge in [-0.1, -0.05) is 24.4 Å². The van der Waals surface area contributed by atoms with E-state index in [1.807, 2.05) is 18.2 Å². The largest absolute Gasteiger partial charge is 0.381 e. The number of hydrogen-bond acceptors (Lipinski definition) is 1. The molecule has 1 atom stereocenters. The zero-order valence-electron chi connectivity index (χ0n) is 9.47. The van der Waals surface area contributed by atoms with Crippen LogP contribution in [0.1, 0.15) is 32.6 Å². The van der Waals surface area contributed by atoms with Crippen LogP contribution in [0.2, 0.25) is 5.02 Å². The van der Waals surface area contributed by atoms with E-state index in [1.54, 1.807) is 0 Å². The summed E-state index contributed by atoms with van der Waals surface area (Å²) in [6, 6.07) is 6.40. The van der Waals surface area contributed by atoms with Crippen LogP contribution in [0.4, 0.5) is 5.69 Å². The zero-order valence-corrected chi connectivity index (χ0v) is 11.8. The third kappa shape index (κ3) is 2.92. The molecule has 1 aromatic carbocycles. The van der Waals surface area contributed by atoms with E-state index in [0.717, 1.165) is 21.1 Å². The molecule has 3 heteroatoms. The first-order chi connectivity index (χ1) is 7.66. The van der Waals surface area contributed by atoms with Gasteiger partial charge in [-0.3, -0.25) is 0 Å². The molecule has 88 valence electrons. The van der Waals surface area contributed by atoms with Gasteiger partial charge >= 0.3 is 0 Å². The molecule has 0 aliphatic heterocycles. The third-order valence-electron chi connectivity index (χ3n) is 3.42. The van der Waals surface area contributed by atoms with E-state index in [-0.39, 0.29) is 0 Å². The number of halogens is 2. The van der Waals surface area contributed by atoms with Gasteiger partial charge in [-0.2, -0.15) is 0 Å². The first-order valence-electron chi connectivity index (χ1n) is 5.88. The first kappa shape index (κ1) is 12.3. The summed E-state index contributed by atoms with van der Waals surface area (Å²) >= 11 is 9.55. The lowest BCUT2D eigenvalue weighted by Crippen LogP contribution is -2.23. The summed E-state index contributed by atoms with van der Waals surface area (Å²) in [7, 11) is 0. The molecule has 16 heavy (non-hydrogen) atoms. The predicted molar refractivity (Wildman–Crippen MR) is 74.2 cm³/mol. The minimum absolute atomic E-state index is 0.525. The summed E-state index contributed by atoms with van der Waals surface area (Å²) < 4.78 is 1.08. The molecule has 0 spiro atoms. The van der Waals surface area contributed by atoms with Gasteiger partial charge in [-0.05, 0) is 59.8 Å². The van der Waals surface area contributed by atoms with Gasteiger partial charge in [0.2, 0.25) is 0 Å². The molecule has 1 saturated carbocycles. The maximum Gasteiger partial charge on any atom is 0.0501 e. The van der Waals surface area contributed by atoms with Crippen molar-refractivity contribution in [2.24, 2.45) is 5.92 Å². The van der Waals surface area contributed by atoms with Crippen LogP contribution in [0.3, 0.4) is 0 Å². The second-order valence-electron chi connectivity index (χ2n) is 4.60. The third-order valence-corrected chi connectivity index (χ3v) is 4.35. The SMILES string of the molecule is CC(Nc1cc(Cl)ccc1Br)C1CCCC1. The van der Waals surface area contributed by atoms with Gasteiger partial charge in [0.05, 0.1) is 5.69 Å². The van der Waals surface area contributed by atoms with Gasteiger partial charge < -0.3 is 5.32 Å². The molecule has 0 heterocycles. The Hall–Kier alpha value is -0.210. The molecule has 0 bridgehead atoms. The second kappa shape index (κ2) is 5.42. The van der Waals surface area contributed by atoms with E-state index >= 15 is 0 Å². The molecule has 0 radical (unpaired) electrons. The Morgan fingerprint density at radius 2 is 2.06 bits per heavy atom. The summed E-state index contributed by atoms with van der Waals surface area (Å²) in [4.78, 5) is 0. The molecule has 1 unspecified atom stereocenters. The number of nitrogens with one attached hydrogen (secondary N) is 1. The molecule has 0 saturated heterocycles. The van der Waals surface area contributed by atoms with E-state index in [1.165, 1.54) is 25.7 Å². The van der Waals surface area contributed by atoms with Gasteiger partial charge in [-0.15, -0.1) is 0 Å². The summed E-state index contributed by atoms with van der Waals surface area (Å²) in [6.45, 7) is 2.27. The van der Waals surface area contributed by atoms with Crippen LogP contribution in [-0.2, 0) is 0 Å². The Balaban J connectivity index is 2.04. The fraction of sp³-hybridized carbons (Fsp3) is 0.538. The van der Waals surface area contributed by atoms with Crippen molar-refractivity contribution in [2.75, 3.05) is 5.32 Å². The van der Waals surface area contributed by atoms with Gasteiger partial charge in [-0.25, -0.2) is 0 Å². The lowest BCUT2D eigenvalue weighted by atomic mass is 9.99. The van der Waals surface area contributed by atoms with Crippen LogP contribution in [0, 0.1) is 5.92 Å². The molecule has 2 rings (SSSR count). The lowest BCUT2D eigenvalue weighted by Gasteiger charge is -2.22. The molecule has 1 aliphatic carbocycles. The molecule has 1 aliphatic rings. The highest BCUT2D eigenvalue weighted by Gasteiger charge is 2.21. The number of anilines is 1. The van der Waals surface area contributed by atoms with Gasteiger partial charge in [0, 0.05) is 15.5 Å². The molecule has 0 aromatic heterocycles. The topological polar surface area (TPSA) is 12.0 Å². The summed E-state index contributed by atoms with van der Waals surface area (Å²) in [6.07, 6.45) is 5.47. The minimum atomic E-state index is 0.525. The minimum Gasteiger partial charge on any atom is -0.381 e. The van der Waals surface area contributed by atoms with Crippen molar-refractivity contribution in [3.8, 4) is 0 Å². The van der Waals surface area contributed by atoms with Crippen molar-refractivity contribution in [1.29, 1.82) is 0 Å². The zero-order chi connectivity index (χ0) is 11.5. The summed E-state index contributed by atoms with van der Waals surface area (Å²) in [5, 5.41) is 4.34. The van der Waals surface area contributed by atoms with Crippen molar-refractivity contribution in [3.05, 3.63) is 27.7 Å². The predicted octanol–water partition coefficient (Wildman–Crippen LogP) is 5.09. The van der Waals surface area contributed by atoms with Crippen LogP contribution < -0.4 is 5.32 Å². The van der Waals surface area contributed by atoms with Crippen LogP contribution in [0.15, 0.2) is 22.7 Å². The fourth-order valence-corrected chi connectivity index (χ4v) is 2.96. The van der Waals surface area contributed by atoms with Gasteiger partial charge in [0.25, 0.3) is 0 Å². The maximum atomic E-state index is 6.00. The van der Waals surface area contributed by atoms with Crippen LogP contribution in [-0.4, -0.2) is 6.04 Å². The number of benzene rings is 1. The standard InChI is InChI=1S/C13H17BrClN/c1-9(10-4-2-3-5-10)16-13-8-11(15)6-7-12(13)14/h6-10,16H,2-5H2,1H3. The van der Waals surface area contributed by atoms with Crippen LogP contribution in [0.25, 0.3) is 0 Å². The van der Waals surface area contributed by atoms with Crippen molar-refractivity contribution >= 4 is 33.2 Å². The van der Waals surface area contributed by atoms with E-state index < -0.39 is 0 Å². The Morgan fingerprint density at radius 3 is 2.75 bits per heavy atom. The Kier molecular flexibility index (Phi) is 4.15. The lowest BCUT2D eigenvalue weighted by molar-refractivity contribution is 0.482. The van der Waals surface area contributed by atoms with Crippen molar-refractivity contribution in [2.45, 2.75) is 38.6 Å². The van der Waals surface area contributed by atoms with Crippen LogP contribution >= 0.6 is 27.5 Å². The quantitative estimate of drug-likeness (QED) is 0.819. The average molecular weight is 303 g/mol. The van der Waals surface area contributed by atoms with E-state index in [2.05, 4.69) is 28.2 Å². The molecule has 1 fully saturated rings. The highest BCUT2D eigenvalue weighted by Crippen LogP contribution is 2.32. The molecular formula is C13H17BrClN.